The van der Waals surface area contributed by atoms with Gasteiger partial charge in [-0.2, -0.15) is 0 Å². The smallest absolute Gasteiger partial charge is 0.244 e. The van der Waals surface area contributed by atoms with Gasteiger partial charge < -0.3 is 15.0 Å². The van der Waals surface area contributed by atoms with Crippen LogP contribution in [-0.2, 0) is 32.6 Å². The van der Waals surface area contributed by atoms with Gasteiger partial charge in [0.15, 0.2) is 0 Å². The van der Waals surface area contributed by atoms with Gasteiger partial charge >= 0.3 is 0 Å². The Morgan fingerprint density at radius 2 is 1.60 bits per heavy atom. The van der Waals surface area contributed by atoms with Gasteiger partial charge in [-0.3, -0.25) is 13.9 Å². The number of hydrogen-bond acceptors (Lipinski definition) is 5. The first-order valence-corrected chi connectivity index (χ1v) is 15.3. The van der Waals surface area contributed by atoms with Gasteiger partial charge in [-0.05, 0) is 55.7 Å². The summed E-state index contributed by atoms with van der Waals surface area (Å²) in [6.45, 7) is 6.43. The fourth-order valence-electron chi connectivity index (χ4n) is 4.42. The Balaban J connectivity index is 2.02. The highest BCUT2D eigenvalue weighted by atomic mass is 32.2. The van der Waals surface area contributed by atoms with Crippen molar-refractivity contribution in [2.24, 2.45) is 0 Å². The Hall–Kier alpha value is -3.85. The van der Waals surface area contributed by atoms with Crippen LogP contribution in [0.5, 0.6) is 5.75 Å². The molecule has 0 spiro atoms. The molecule has 0 aliphatic heterocycles. The van der Waals surface area contributed by atoms with Crippen molar-refractivity contribution in [3.8, 4) is 5.75 Å². The van der Waals surface area contributed by atoms with Crippen LogP contribution in [0.15, 0.2) is 78.9 Å². The predicted octanol–water partition coefficient (Wildman–Crippen LogP) is 4.33. The Bertz CT molecular complexity index is 1360. The Kier molecular flexibility index (Phi) is 11.1. The molecule has 0 bridgehead atoms. The first-order valence-electron chi connectivity index (χ1n) is 13.5. The number of ether oxygens (including phenoxy) is 1. The van der Waals surface area contributed by atoms with Gasteiger partial charge in [-0.25, -0.2) is 8.42 Å². The van der Waals surface area contributed by atoms with Crippen LogP contribution in [0.3, 0.4) is 0 Å². The summed E-state index contributed by atoms with van der Waals surface area (Å²) in [6, 6.07) is 22.9. The van der Waals surface area contributed by atoms with Crippen molar-refractivity contribution >= 4 is 27.5 Å². The van der Waals surface area contributed by atoms with Crippen LogP contribution in [0, 0.1) is 6.92 Å². The van der Waals surface area contributed by atoms with Crippen molar-refractivity contribution in [2.75, 3.05) is 30.3 Å². The number of carbonyl (C=O) groups excluding carboxylic acids is 2. The maximum atomic E-state index is 14.1. The average Bonchev–Trinajstić information content (AvgIpc) is 2.93. The third-order valence-corrected chi connectivity index (χ3v) is 7.51. The van der Waals surface area contributed by atoms with E-state index in [4.69, 9.17) is 4.74 Å². The van der Waals surface area contributed by atoms with Gasteiger partial charge in [0.25, 0.3) is 0 Å². The number of nitrogens with zero attached hydrogens (tertiary/aromatic N) is 2. The Labute approximate surface area is 238 Å². The van der Waals surface area contributed by atoms with Crippen molar-refractivity contribution in [3.63, 3.8) is 0 Å². The molecule has 0 saturated heterocycles. The zero-order chi connectivity index (χ0) is 29.1. The first kappa shape index (κ1) is 30.7. The summed E-state index contributed by atoms with van der Waals surface area (Å²) in [4.78, 5) is 29.1. The number of amides is 2. The fraction of sp³-hybridized carbons (Fsp3) is 0.355. The van der Waals surface area contributed by atoms with Crippen molar-refractivity contribution in [1.82, 2.24) is 10.2 Å². The van der Waals surface area contributed by atoms with E-state index in [2.05, 4.69) is 5.32 Å². The van der Waals surface area contributed by atoms with Gasteiger partial charge in [0.2, 0.25) is 21.8 Å². The topological polar surface area (TPSA) is 96.0 Å². The monoisotopic (exact) mass is 565 g/mol. The minimum absolute atomic E-state index is 0.151. The highest BCUT2D eigenvalue weighted by Crippen LogP contribution is 2.23. The molecule has 0 aliphatic carbocycles. The van der Waals surface area contributed by atoms with E-state index in [9.17, 15) is 18.0 Å². The Morgan fingerprint density at radius 1 is 0.925 bits per heavy atom. The van der Waals surface area contributed by atoms with Crippen LogP contribution in [-0.4, -0.2) is 57.1 Å². The van der Waals surface area contributed by atoms with Gasteiger partial charge in [-0.15, -0.1) is 0 Å². The largest absolute Gasteiger partial charge is 0.494 e. The molecular weight excluding hydrogens is 526 g/mol. The van der Waals surface area contributed by atoms with Crippen LogP contribution in [0.1, 0.15) is 37.0 Å². The molecule has 2 amide bonds. The number of nitrogens with one attached hydrogen (secondary N) is 1. The van der Waals surface area contributed by atoms with E-state index >= 15 is 0 Å². The molecule has 0 unspecified atom stereocenters. The van der Waals surface area contributed by atoms with Gasteiger partial charge in [0.05, 0.1) is 18.6 Å². The zero-order valence-electron chi connectivity index (χ0n) is 23.7. The molecule has 1 N–H and O–H groups in total. The number of hydrogen-bond donors (Lipinski definition) is 1. The number of benzene rings is 3. The quantitative estimate of drug-likeness (QED) is 0.314. The lowest BCUT2D eigenvalue weighted by atomic mass is 10.0. The van der Waals surface area contributed by atoms with Gasteiger partial charge in [0, 0.05) is 19.5 Å². The first-order chi connectivity index (χ1) is 19.1. The van der Waals surface area contributed by atoms with Crippen LogP contribution >= 0.6 is 0 Å². The molecule has 3 aromatic carbocycles. The number of sulfonamides is 1. The van der Waals surface area contributed by atoms with E-state index in [1.54, 1.807) is 24.3 Å². The minimum Gasteiger partial charge on any atom is -0.494 e. The lowest BCUT2D eigenvalue weighted by molar-refractivity contribution is -0.140. The standard InChI is InChI=1S/C31H39N3O5S/c1-5-19-32-31(36)29(21-25-12-8-7-9-13-25)33(22-26-14-10-11-24(3)20-26)30(35)23-34(40(4,37)38)27-15-17-28(18-16-27)39-6-2/h7-18,20,29H,5-6,19,21-23H2,1-4H3,(H,32,36)/t29-/m0/s1. The lowest BCUT2D eigenvalue weighted by Gasteiger charge is -2.33. The summed E-state index contributed by atoms with van der Waals surface area (Å²) < 4.78 is 32.3. The molecule has 0 saturated carbocycles. The summed E-state index contributed by atoms with van der Waals surface area (Å²) >= 11 is 0. The SMILES string of the molecule is CCCNC(=O)[C@H](Cc1ccccc1)N(Cc1cccc(C)c1)C(=O)CN(c1ccc(OCC)cc1)S(C)(=O)=O. The molecule has 1 atom stereocenters. The molecule has 8 nitrogen and oxygen atoms in total. The van der Waals surface area contributed by atoms with Crippen molar-refractivity contribution < 1.29 is 22.7 Å². The van der Waals surface area contributed by atoms with E-state index in [-0.39, 0.29) is 18.9 Å². The molecular formula is C31H39N3O5S. The molecule has 40 heavy (non-hydrogen) atoms. The molecule has 214 valence electrons. The normalized spacial score (nSPS) is 11.9. The van der Waals surface area contributed by atoms with Gasteiger partial charge in [0.1, 0.15) is 18.3 Å². The third kappa shape index (κ3) is 8.84. The molecule has 9 heteroatoms. The molecule has 0 aliphatic rings. The fourth-order valence-corrected chi connectivity index (χ4v) is 5.27. The van der Waals surface area contributed by atoms with Crippen molar-refractivity contribution in [2.45, 2.75) is 46.2 Å². The summed E-state index contributed by atoms with van der Waals surface area (Å²) in [5.74, 6) is -0.158. The molecule has 3 aromatic rings. The average molecular weight is 566 g/mol. The molecule has 0 fully saturated rings. The maximum Gasteiger partial charge on any atom is 0.244 e. The number of anilines is 1. The van der Waals surface area contributed by atoms with E-state index in [1.807, 2.05) is 75.4 Å². The van der Waals surface area contributed by atoms with Crippen LogP contribution < -0.4 is 14.4 Å². The van der Waals surface area contributed by atoms with Crippen LogP contribution in [0.25, 0.3) is 0 Å². The second kappa shape index (κ2) is 14.5. The van der Waals surface area contributed by atoms with Crippen molar-refractivity contribution in [1.29, 1.82) is 0 Å². The van der Waals surface area contributed by atoms with E-state index in [0.29, 0.717) is 24.6 Å². The Morgan fingerprint density at radius 3 is 2.20 bits per heavy atom. The molecule has 3 rings (SSSR count). The second-order valence-corrected chi connectivity index (χ2v) is 11.6. The van der Waals surface area contributed by atoms with E-state index in [0.717, 1.165) is 33.7 Å². The minimum atomic E-state index is -3.83. The van der Waals surface area contributed by atoms with E-state index in [1.165, 1.54) is 4.90 Å². The highest BCUT2D eigenvalue weighted by molar-refractivity contribution is 7.92. The molecule has 0 radical (unpaired) electrons. The second-order valence-electron chi connectivity index (χ2n) is 9.70. The molecule has 0 heterocycles. The number of aryl methyl sites for hydroxylation is 1. The van der Waals surface area contributed by atoms with Gasteiger partial charge in [-0.1, -0.05) is 67.1 Å². The van der Waals surface area contributed by atoms with Crippen molar-refractivity contribution in [3.05, 3.63) is 95.6 Å². The number of rotatable bonds is 14. The van der Waals surface area contributed by atoms with Crippen LogP contribution in [0.4, 0.5) is 5.69 Å². The molecule has 0 aromatic heterocycles. The predicted molar refractivity (Wildman–Crippen MR) is 159 cm³/mol. The summed E-state index contributed by atoms with van der Waals surface area (Å²) in [5.41, 5.74) is 3.10. The lowest BCUT2D eigenvalue weighted by Crippen LogP contribution is -2.53. The zero-order valence-corrected chi connectivity index (χ0v) is 24.5. The third-order valence-electron chi connectivity index (χ3n) is 6.37. The maximum absolute atomic E-state index is 14.1. The summed E-state index contributed by atoms with van der Waals surface area (Å²) in [6.07, 6.45) is 2.10. The van der Waals surface area contributed by atoms with E-state index < -0.39 is 28.5 Å². The van der Waals surface area contributed by atoms with Crippen LogP contribution in [0.2, 0.25) is 0 Å². The summed E-state index contributed by atoms with van der Waals surface area (Å²) in [5, 5.41) is 2.94. The summed E-state index contributed by atoms with van der Waals surface area (Å²) in [7, 11) is -3.83. The highest BCUT2D eigenvalue weighted by Gasteiger charge is 2.33. The number of carbonyl (C=O) groups is 2.